The van der Waals surface area contributed by atoms with Crippen LogP contribution >= 0.6 is 15.9 Å². The van der Waals surface area contributed by atoms with Gasteiger partial charge in [0.05, 0.1) is 0 Å². The molecule has 4 rings (SSSR count). The van der Waals surface area contributed by atoms with Crippen LogP contribution in [-0.4, -0.2) is 9.78 Å². The molecule has 1 aliphatic rings. The number of hydrogen-bond donors (Lipinski definition) is 0. The Bertz CT molecular complexity index is 804. The first kappa shape index (κ1) is 13.0. The van der Waals surface area contributed by atoms with Crippen LogP contribution in [0.15, 0.2) is 46.9 Å². The minimum absolute atomic E-state index is 0.191. The lowest BCUT2D eigenvalue weighted by atomic mass is 10.1. The van der Waals surface area contributed by atoms with E-state index in [1.807, 2.05) is 35.0 Å². The van der Waals surface area contributed by atoms with E-state index in [0.29, 0.717) is 11.4 Å². The van der Waals surface area contributed by atoms with E-state index in [4.69, 9.17) is 5.10 Å². The Morgan fingerprint density at radius 3 is 2.62 bits per heavy atom. The molecule has 0 radical (unpaired) electrons. The zero-order chi connectivity index (χ0) is 14.4. The van der Waals surface area contributed by atoms with Gasteiger partial charge >= 0.3 is 0 Å². The van der Waals surface area contributed by atoms with Gasteiger partial charge < -0.3 is 0 Å². The third kappa shape index (κ3) is 2.38. The summed E-state index contributed by atoms with van der Waals surface area (Å²) >= 11 is 3.44. The Balaban J connectivity index is 1.92. The van der Waals surface area contributed by atoms with Gasteiger partial charge in [-0.3, -0.25) is 4.68 Å². The number of para-hydroxylation sites is 1. The zero-order valence-corrected chi connectivity index (χ0v) is 13.0. The summed E-state index contributed by atoms with van der Waals surface area (Å²) in [4.78, 5) is 0. The third-order valence-electron chi connectivity index (χ3n) is 3.97. The predicted octanol–water partition coefficient (Wildman–Crippen LogP) is 5.01. The van der Waals surface area contributed by atoms with Crippen molar-refractivity contribution in [1.82, 2.24) is 9.78 Å². The molecule has 0 bridgehead atoms. The summed E-state index contributed by atoms with van der Waals surface area (Å²) in [5, 5.41) is 5.58. The first-order valence-electron chi connectivity index (χ1n) is 7.13. The summed E-state index contributed by atoms with van der Waals surface area (Å²) in [6.45, 7) is 0.813. The second-order valence-corrected chi connectivity index (χ2v) is 6.53. The molecule has 1 aromatic heterocycles. The van der Waals surface area contributed by atoms with Crippen LogP contribution in [0.3, 0.4) is 0 Å². The van der Waals surface area contributed by atoms with Crippen molar-refractivity contribution in [1.29, 1.82) is 0 Å². The maximum atomic E-state index is 14.2. The van der Waals surface area contributed by atoms with Crippen molar-refractivity contribution in [2.75, 3.05) is 0 Å². The Hall–Kier alpha value is -1.68. The van der Waals surface area contributed by atoms with Crippen LogP contribution in [-0.2, 0) is 6.54 Å². The maximum Gasteiger partial charge on any atom is 0.149 e. The molecule has 1 saturated carbocycles. The molecule has 0 unspecified atom stereocenters. The van der Waals surface area contributed by atoms with Crippen LogP contribution in [0.5, 0.6) is 0 Å². The van der Waals surface area contributed by atoms with Gasteiger partial charge in [0.25, 0.3) is 0 Å². The molecule has 2 nitrogen and oxygen atoms in total. The monoisotopic (exact) mass is 344 g/mol. The molecule has 1 aliphatic carbocycles. The fourth-order valence-corrected chi connectivity index (χ4v) is 2.96. The van der Waals surface area contributed by atoms with Gasteiger partial charge in [0.1, 0.15) is 17.0 Å². The molecular weight excluding hydrogens is 331 g/mol. The van der Waals surface area contributed by atoms with Gasteiger partial charge in [-0.1, -0.05) is 40.2 Å². The molecule has 1 heterocycles. The Kier molecular flexibility index (Phi) is 3.07. The van der Waals surface area contributed by atoms with E-state index >= 15 is 0 Å². The fourth-order valence-electron chi connectivity index (χ4n) is 2.69. The lowest BCUT2D eigenvalue weighted by Crippen LogP contribution is -2.02. The van der Waals surface area contributed by atoms with Crippen LogP contribution in [0.1, 0.15) is 12.8 Å². The Morgan fingerprint density at radius 1 is 1.14 bits per heavy atom. The van der Waals surface area contributed by atoms with E-state index in [9.17, 15) is 4.39 Å². The normalized spacial score (nSPS) is 14.8. The molecule has 0 N–H and O–H groups in total. The number of benzene rings is 2. The highest BCUT2D eigenvalue weighted by atomic mass is 79.9. The first-order chi connectivity index (χ1) is 10.2. The van der Waals surface area contributed by atoms with Gasteiger partial charge in [-0.15, -0.1) is 0 Å². The topological polar surface area (TPSA) is 17.8 Å². The maximum absolute atomic E-state index is 14.2. The van der Waals surface area contributed by atoms with Crippen LogP contribution < -0.4 is 0 Å². The van der Waals surface area contributed by atoms with Gasteiger partial charge in [-0.2, -0.15) is 5.10 Å². The van der Waals surface area contributed by atoms with E-state index in [-0.39, 0.29) is 5.82 Å². The number of hydrogen-bond acceptors (Lipinski definition) is 1. The summed E-state index contributed by atoms with van der Waals surface area (Å²) in [5.41, 5.74) is 2.50. The van der Waals surface area contributed by atoms with Crippen molar-refractivity contribution < 1.29 is 4.39 Å². The van der Waals surface area contributed by atoms with Crippen LogP contribution in [0.4, 0.5) is 4.39 Å². The third-order valence-corrected chi connectivity index (χ3v) is 4.50. The van der Waals surface area contributed by atoms with Crippen molar-refractivity contribution >= 4 is 26.8 Å². The quantitative estimate of drug-likeness (QED) is 0.652. The van der Waals surface area contributed by atoms with E-state index in [1.165, 1.54) is 18.9 Å². The molecule has 0 saturated heterocycles. The van der Waals surface area contributed by atoms with Gasteiger partial charge in [0.2, 0.25) is 0 Å². The van der Waals surface area contributed by atoms with E-state index in [1.54, 1.807) is 6.07 Å². The summed E-state index contributed by atoms with van der Waals surface area (Å²) in [6.07, 6.45) is 2.45. The lowest BCUT2D eigenvalue weighted by molar-refractivity contribution is 0.561. The van der Waals surface area contributed by atoms with Crippen LogP contribution in [0.25, 0.3) is 22.2 Å². The van der Waals surface area contributed by atoms with Crippen molar-refractivity contribution in [3.05, 3.63) is 52.8 Å². The number of halogens is 2. The van der Waals surface area contributed by atoms with Crippen LogP contribution in [0, 0.1) is 11.7 Å². The minimum atomic E-state index is -0.191. The molecule has 0 atom stereocenters. The fraction of sp³-hybridized carbons (Fsp3) is 0.235. The summed E-state index contributed by atoms with van der Waals surface area (Å²) in [5.74, 6) is 0.467. The summed E-state index contributed by atoms with van der Waals surface area (Å²) in [7, 11) is 0. The van der Waals surface area contributed by atoms with Crippen LogP contribution in [0.2, 0.25) is 0 Å². The number of rotatable bonds is 3. The Morgan fingerprint density at radius 2 is 1.90 bits per heavy atom. The Labute approximate surface area is 130 Å². The highest BCUT2D eigenvalue weighted by molar-refractivity contribution is 9.10. The molecule has 1 fully saturated rings. The average molecular weight is 345 g/mol. The summed E-state index contributed by atoms with van der Waals surface area (Å²) < 4.78 is 17.1. The average Bonchev–Trinajstić information content (AvgIpc) is 3.21. The number of nitrogens with zero attached hydrogens (tertiary/aromatic N) is 2. The zero-order valence-electron chi connectivity index (χ0n) is 11.4. The van der Waals surface area contributed by atoms with Gasteiger partial charge in [-0.25, -0.2) is 4.39 Å². The molecule has 0 amide bonds. The lowest BCUT2D eigenvalue weighted by Gasteiger charge is -2.01. The molecule has 3 aromatic rings. The summed E-state index contributed by atoms with van der Waals surface area (Å²) in [6, 6.07) is 13.2. The van der Waals surface area contributed by atoms with E-state index in [0.717, 1.165) is 27.7 Å². The molecule has 106 valence electrons. The first-order valence-corrected chi connectivity index (χ1v) is 7.92. The standard InChI is InChI=1S/C17H14BrFN2/c18-13-8-6-12(7-9-13)16-14-2-1-3-15(19)17(14)21(20-16)10-11-4-5-11/h1-3,6-9,11H,4-5,10H2. The second-order valence-electron chi connectivity index (χ2n) is 5.62. The van der Waals surface area contributed by atoms with Gasteiger partial charge in [0, 0.05) is 22.0 Å². The smallest absolute Gasteiger partial charge is 0.149 e. The SMILES string of the molecule is Fc1cccc2c(-c3ccc(Br)cc3)nn(CC3CC3)c12. The van der Waals surface area contributed by atoms with Crippen molar-refractivity contribution in [3.8, 4) is 11.3 Å². The number of fused-ring (bicyclic) bond motifs is 1. The molecule has 2 aromatic carbocycles. The van der Waals surface area contributed by atoms with Crippen molar-refractivity contribution in [2.24, 2.45) is 5.92 Å². The molecule has 4 heteroatoms. The van der Waals surface area contributed by atoms with Crippen molar-refractivity contribution in [2.45, 2.75) is 19.4 Å². The van der Waals surface area contributed by atoms with Crippen molar-refractivity contribution in [3.63, 3.8) is 0 Å². The minimum Gasteiger partial charge on any atom is -0.261 e. The van der Waals surface area contributed by atoms with Gasteiger partial charge in [0.15, 0.2) is 0 Å². The molecule has 21 heavy (non-hydrogen) atoms. The second kappa shape index (κ2) is 4.95. The predicted molar refractivity (Wildman–Crippen MR) is 85.6 cm³/mol. The van der Waals surface area contributed by atoms with E-state index in [2.05, 4.69) is 15.9 Å². The molecule has 0 aliphatic heterocycles. The van der Waals surface area contributed by atoms with Gasteiger partial charge in [-0.05, 0) is 37.0 Å². The molecule has 0 spiro atoms. The highest BCUT2D eigenvalue weighted by Crippen LogP contribution is 2.35. The molecular formula is C17H14BrFN2. The highest BCUT2D eigenvalue weighted by Gasteiger charge is 2.24. The largest absolute Gasteiger partial charge is 0.261 e. The van der Waals surface area contributed by atoms with E-state index < -0.39 is 0 Å². The number of aromatic nitrogens is 2.